The van der Waals surface area contributed by atoms with Crippen LogP contribution in [-0.4, -0.2) is 4.58 Å². The highest BCUT2D eigenvalue weighted by Crippen LogP contribution is 2.65. The molecule has 0 N–H and O–H groups in total. The van der Waals surface area contributed by atoms with Crippen LogP contribution in [0.2, 0.25) is 0 Å². The molecule has 1 aliphatic heterocycles. The van der Waals surface area contributed by atoms with Gasteiger partial charge in [0.25, 0.3) is 0 Å². The molecule has 0 saturated heterocycles. The maximum absolute atomic E-state index is 15.1. The summed E-state index contributed by atoms with van der Waals surface area (Å²) in [6.45, 7) is 0. The quantitative estimate of drug-likeness (QED) is 0.401. The van der Waals surface area contributed by atoms with E-state index in [2.05, 4.69) is 28.1 Å². The molecule has 1 spiro atoms. The van der Waals surface area contributed by atoms with Gasteiger partial charge in [0.1, 0.15) is 17.3 Å². The van der Waals surface area contributed by atoms with Gasteiger partial charge in [-0.15, -0.1) is 0 Å². The zero-order valence-corrected chi connectivity index (χ0v) is 16.8. The molecule has 6 rings (SSSR count). The first kappa shape index (κ1) is 17.2. The number of benzene rings is 2. The Labute approximate surface area is 175 Å². The maximum atomic E-state index is 15.1. The second kappa shape index (κ2) is 5.67. The monoisotopic (exact) mass is 448 g/mol. The lowest BCUT2D eigenvalue weighted by atomic mass is 9.61. The van der Waals surface area contributed by atoms with Crippen molar-refractivity contribution in [2.75, 3.05) is 0 Å². The molecule has 29 heavy (non-hydrogen) atoms. The van der Waals surface area contributed by atoms with Crippen LogP contribution in [0, 0.1) is 11.7 Å². The van der Waals surface area contributed by atoms with Gasteiger partial charge in [0.2, 0.25) is 4.58 Å². The van der Waals surface area contributed by atoms with Gasteiger partial charge in [0, 0.05) is 17.0 Å². The molecule has 0 aromatic heterocycles. The van der Waals surface area contributed by atoms with E-state index in [1.54, 1.807) is 12.1 Å². The summed E-state index contributed by atoms with van der Waals surface area (Å²) in [6.07, 6.45) is 13.2. The van der Waals surface area contributed by atoms with Crippen molar-refractivity contribution in [1.29, 1.82) is 0 Å². The lowest BCUT2D eigenvalue weighted by Gasteiger charge is -2.44. The van der Waals surface area contributed by atoms with Crippen molar-refractivity contribution in [1.82, 2.24) is 0 Å². The number of alkyl halides is 2. The minimum Gasteiger partial charge on any atom is -0.457 e. The second-order valence-corrected chi connectivity index (χ2v) is 8.92. The molecule has 3 atom stereocenters. The Bertz CT molecular complexity index is 1230. The fourth-order valence-corrected chi connectivity index (χ4v) is 5.56. The second-order valence-electron chi connectivity index (χ2n) is 7.70. The van der Waals surface area contributed by atoms with Crippen LogP contribution in [0.1, 0.15) is 11.1 Å². The molecule has 1 nitrogen and oxygen atoms in total. The van der Waals surface area contributed by atoms with Gasteiger partial charge >= 0.3 is 0 Å². The Hall–Kier alpha value is -2.72. The maximum Gasteiger partial charge on any atom is 0.202 e. The van der Waals surface area contributed by atoms with Crippen LogP contribution >= 0.6 is 15.9 Å². The van der Waals surface area contributed by atoms with Gasteiger partial charge in [0.05, 0.1) is 5.41 Å². The average Bonchev–Trinajstić information content (AvgIpc) is 2.98. The highest BCUT2D eigenvalue weighted by molar-refractivity contribution is 9.10. The SMILES string of the molecule is Fc1ccc2c(c1)C1(C3=CC(F)(Br)C=CC3=C3C=CC=CC31)c1ccccc1O2. The van der Waals surface area contributed by atoms with Gasteiger partial charge in [-0.25, -0.2) is 8.78 Å². The van der Waals surface area contributed by atoms with E-state index in [9.17, 15) is 4.39 Å². The van der Waals surface area contributed by atoms with Crippen molar-refractivity contribution >= 4 is 15.9 Å². The lowest BCUT2D eigenvalue weighted by molar-refractivity contribution is 0.387. The first-order valence-corrected chi connectivity index (χ1v) is 10.3. The molecule has 3 unspecified atom stereocenters. The van der Waals surface area contributed by atoms with E-state index in [0.29, 0.717) is 11.5 Å². The highest BCUT2D eigenvalue weighted by atomic mass is 79.9. The molecule has 2 aromatic rings. The lowest BCUT2D eigenvalue weighted by Crippen LogP contribution is -2.39. The molecule has 0 fully saturated rings. The zero-order valence-electron chi connectivity index (χ0n) is 15.2. The number of rotatable bonds is 0. The largest absolute Gasteiger partial charge is 0.457 e. The van der Waals surface area contributed by atoms with Crippen molar-refractivity contribution in [3.63, 3.8) is 0 Å². The van der Waals surface area contributed by atoms with Crippen LogP contribution in [0.4, 0.5) is 8.78 Å². The molecular weight excluding hydrogens is 434 g/mol. The van der Waals surface area contributed by atoms with Gasteiger partial charge in [0.15, 0.2) is 0 Å². The van der Waals surface area contributed by atoms with Crippen molar-refractivity contribution in [2.45, 2.75) is 9.99 Å². The summed E-state index contributed by atoms with van der Waals surface area (Å²) in [6, 6.07) is 12.4. The number of hydrogen-bond acceptors (Lipinski definition) is 1. The number of para-hydroxylation sites is 1. The highest BCUT2D eigenvalue weighted by Gasteiger charge is 2.57. The van der Waals surface area contributed by atoms with E-state index in [1.165, 1.54) is 18.2 Å². The van der Waals surface area contributed by atoms with E-state index >= 15 is 4.39 Å². The molecule has 4 aliphatic rings. The molecule has 2 aromatic carbocycles. The molecule has 142 valence electrons. The van der Waals surface area contributed by atoms with Crippen LogP contribution in [0.15, 0.2) is 102 Å². The fraction of sp³-hybridized carbons (Fsp3) is 0.120. The van der Waals surface area contributed by atoms with E-state index in [-0.39, 0.29) is 11.7 Å². The Kier molecular flexibility index (Phi) is 3.35. The smallest absolute Gasteiger partial charge is 0.202 e. The van der Waals surface area contributed by atoms with E-state index in [0.717, 1.165) is 27.8 Å². The summed E-state index contributed by atoms with van der Waals surface area (Å²) < 4.78 is 34.0. The molecule has 3 aliphatic carbocycles. The van der Waals surface area contributed by atoms with Crippen LogP contribution in [0.3, 0.4) is 0 Å². The molecule has 1 heterocycles. The number of hydrogen-bond donors (Lipinski definition) is 0. The van der Waals surface area contributed by atoms with Gasteiger partial charge in [-0.05, 0) is 69.1 Å². The molecule has 4 heteroatoms. The van der Waals surface area contributed by atoms with Crippen LogP contribution in [-0.2, 0) is 5.41 Å². The Morgan fingerprint density at radius 2 is 1.79 bits per heavy atom. The van der Waals surface area contributed by atoms with Crippen LogP contribution < -0.4 is 4.74 Å². The summed E-state index contributed by atoms with van der Waals surface area (Å²) in [5.74, 6) is 0.881. The molecule has 0 amide bonds. The fourth-order valence-electron chi connectivity index (χ4n) is 5.19. The third-order valence-electron chi connectivity index (χ3n) is 6.23. The summed E-state index contributed by atoms with van der Waals surface area (Å²) in [5.41, 5.74) is 3.78. The van der Waals surface area contributed by atoms with Gasteiger partial charge < -0.3 is 4.74 Å². The third kappa shape index (κ3) is 2.18. The Morgan fingerprint density at radius 3 is 2.69 bits per heavy atom. The van der Waals surface area contributed by atoms with E-state index in [1.807, 2.05) is 42.5 Å². The summed E-state index contributed by atoms with van der Waals surface area (Å²) in [4.78, 5) is 0. The first-order valence-electron chi connectivity index (χ1n) is 9.48. The molecule has 0 radical (unpaired) electrons. The average molecular weight is 449 g/mol. The third-order valence-corrected chi connectivity index (χ3v) is 6.72. The summed E-state index contributed by atoms with van der Waals surface area (Å²) >= 11 is 3.18. The first-order chi connectivity index (χ1) is 14.0. The number of allylic oxidation sites excluding steroid dienone is 10. The Morgan fingerprint density at radius 1 is 0.966 bits per heavy atom. The van der Waals surface area contributed by atoms with Gasteiger partial charge in [-0.3, -0.25) is 0 Å². The topological polar surface area (TPSA) is 9.23 Å². The number of halogens is 3. The number of fused-ring (bicyclic) bond motifs is 8. The molecular formula is C25H15BrF2O. The number of ether oxygens (including phenoxy) is 1. The van der Waals surface area contributed by atoms with Crippen LogP contribution in [0.25, 0.3) is 0 Å². The normalized spacial score (nSPS) is 30.4. The predicted molar refractivity (Wildman–Crippen MR) is 112 cm³/mol. The standard InChI is InChI=1S/C25H15BrF2O/c26-24(28)12-11-17-16-5-1-2-6-18(16)25(21(17)14-24)19-7-3-4-8-22(19)29-23-10-9-15(27)13-20(23)25/h1-14,18H. The van der Waals surface area contributed by atoms with Crippen molar-refractivity contribution in [3.8, 4) is 11.5 Å². The van der Waals surface area contributed by atoms with Crippen molar-refractivity contribution in [3.05, 3.63) is 119 Å². The van der Waals surface area contributed by atoms with Crippen molar-refractivity contribution < 1.29 is 13.5 Å². The minimum atomic E-state index is -1.76. The summed E-state index contributed by atoms with van der Waals surface area (Å²) in [5, 5.41) is 0. The van der Waals surface area contributed by atoms with E-state index < -0.39 is 9.99 Å². The summed E-state index contributed by atoms with van der Waals surface area (Å²) in [7, 11) is 0. The van der Waals surface area contributed by atoms with Gasteiger partial charge in [-0.2, -0.15) is 0 Å². The molecule has 0 bridgehead atoms. The van der Waals surface area contributed by atoms with Crippen LogP contribution in [0.5, 0.6) is 11.5 Å². The molecule has 0 saturated carbocycles. The Balaban J connectivity index is 1.78. The minimum absolute atomic E-state index is 0.0922. The zero-order chi connectivity index (χ0) is 19.8. The predicted octanol–water partition coefficient (Wildman–Crippen LogP) is 6.83. The van der Waals surface area contributed by atoms with E-state index in [4.69, 9.17) is 4.74 Å². The van der Waals surface area contributed by atoms with Gasteiger partial charge in [-0.1, -0.05) is 48.6 Å². The van der Waals surface area contributed by atoms with Crippen molar-refractivity contribution in [2.24, 2.45) is 5.92 Å².